The van der Waals surface area contributed by atoms with E-state index < -0.39 is 83.2 Å². The monoisotopic (exact) mass is 653 g/mol. The molecule has 4 rings (SSSR count). The van der Waals surface area contributed by atoms with Crippen LogP contribution in [0.5, 0.6) is 11.5 Å². The van der Waals surface area contributed by atoms with E-state index in [9.17, 15) is 38.9 Å². The predicted molar refractivity (Wildman–Crippen MR) is 151 cm³/mol. The number of halogens is 1. The third-order valence-corrected chi connectivity index (χ3v) is 8.54. The molecule has 1 unspecified atom stereocenters. The Labute approximate surface area is 262 Å². The SMILES string of the molecule is CC(F)(C(=O)OCCCCO[N+](=O)[O-])c1cc(OC(=O)CCC(=O)O)c([C@H]2CC(=O)[C@@H]3C[C@H]2C3(C)C)c(OC(=O)CCC(=O)O)c1. The van der Waals surface area contributed by atoms with Gasteiger partial charge in [-0.2, -0.15) is 0 Å². The van der Waals surface area contributed by atoms with Crippen LogP contribution in [0, 0.1) is 27.4 Å². The number of hydrogen-bond donors (Lipinski definition) is 2. The molecule has 0 radical (unpaired) electrons. The fourth-order valence-electron chi connectivity index (χ4n) is 5.93. The Morgan fingerprint density at radius 2 is 1.50 bits per heavy atom. The minimum absolute atomic E-state index is 0.0352. The minimum atomic E-state index is -2.94. The number of Topliss-reactive ketones (excluding diaryl/α,β-unsaturated/α-hetero) is 1. The Morgan fingerprint density at radius 3 is 1.96 bits per heavy atom. The quantitative estimate of drug-likeness (QED) is 0.0805. The van der Waals surface area contributed by atoms with Crippen LogP contribution in [0.3, 0.4) is 0 Å². The van der Waals surface area contributed by atoms with Gasteiger partial charge < -0.3 is 29.3 Å². The summed E-state index contributed by atoms with van der Waals surface area (Å²) in [5.41, 5.74) is -3.86. The maximum absolute atomic E-state index is 16.2. The lowest BCUT2D eigenvalue weighted by Gasteiger charge is -2.59. The van der Waals surface area contributed by atoms with Crippen LogP contribution >= 0.6 is 0 Å². The molecule has 0 aromatic heterocycles. The summed E-state index contributed by atoms with van der Waals surface area (Å²) in [6.45, 7) is 4.02. The molecule has 252 valence electrons. The number of unbranched alkanes of at least 4 members (excludes halogenated alkanes) is 1. The molecule has 3 fully saturated rings. The Bertz CT molecular complexity index is 1350. The molecule has 1 aromatic carbocycles. The van der Waals surface area contributed by atoms with Gasteiger partial charge in [-0.3, -0.25) is 24.0 Å². The van der Waals surface area contributed by atoms with Crippen molar-refractivity contribution in [2.75, 3.05) is 13.2 Å². The Balaban J connectivity index is 2.05. The summed E-state index contributed by atoms with van der Waals surface area (Å²) in [6, 6.07) is 2.05. The second-order valence-electron chi connectivity index (χ2n) is 12.0. The largest absolute Gasteiger partial charge is 0.481 e. The van der Waals surface area contributed by atoms with Crippen LogP contribution in [0.15, 0.2) is 12.1 Å². The van der Waals surface area contributed by atoms with Gasteiger partial charge in [-0.1, -0.05) is 13.8 Å². The van der Waals surface area contributed by atoms with Crippen LogP contribution in [0.2, 0.25) is 0 Å². The van der Waals surface area contributed by atoms with E-state index in [-0.39, 0.29) is 67.2 Å². The second-order valence-corrected chi connectivity index (χ2v) is 12.0. The summed E-state index contributed by atoms with van der Waals surface area (Å²) < 4.78 is 32.3. The first-order valence-electron chi connectivity index (χ1n) is 14.6. The molecule has 16 heteroatoms. The lowest BCUT2D eigenvalue weighted by Crippen LogP contribution is -2.56. The number of benzene rings is 1. The van der Waals surface area contributed by atoms with Crippen molar-refractivity contribution in [2.45, 2.75) is 83.7 Å². The number of nitrogens with zero attached hydrogens (tertiary/aromatic N) is 1. The number of carboxylic acid groups (broad SMARTS) is 2. The first kappa shape index (κ1) is 35.8. The van der Waals surface area contributed by atoms with Crippen molar-refractivity contribution in [3.8, 4) is 11.5 Å². The number of ketones is 1. The maximum atomic E-state index is 16.2. The zero-order valence-corrected chi connectivity index (χ0v) is 25.6. The Kier molecular flexibility index (Phi) is 11.4. The highest BCUT2D eigenvalue weighted by Crippen LogP contribution is 2.64. The Hall–Kier alpha value is -4.63. The van der Waals surface area contributed by atoms with Gasteiger partial charge in [0.15, 0.2) is 0 Å². The average molecular weight is 654 g/mol. The topological polar surface area (TPSA) is 223 Å². The molecular formula is C30H36FNO14. The van der Waals surface area contributed by atoms with E-state index in [1.807, 2.05) is 13.8 Å². The lowest BCUT2D eigenvalue weighted by atomic mass is 9.44. The molecule has 0 aliphatic heterocycles. The summed E-state index contributed by atoms with van der Waals surface area (Å²) in [4.78, 5) is 88.0. The zero-order chi connectivity index (χ0) is 34.4. The third-order valence-electron chi connectivity index (χ3n) is 8.54. The number of esters is 3. The number of fused-ring (bicyclic) bond motifs is 2. The highest BCUT2D eigenvalue weighted by Gasteiger charge is 2.59. The van der Waals surface area contributed by atoms with Crippen molar-refractivity contribution in [3.63, 3.8) is 0 Å². The highest BCUT2D eigenvalue weighted by atomic mass is 19.1. The minimum Gasteiger partial charge on any atom is -0.481 e. The molecule has 3 aliphatic rings. The van der Waals surface area contributed by atoms with Gasteiger partial charge in [-0.15, -0.1) is 10.1 Å². The third kappa shape index (κ3) is 8.54. The second kappa shape index (κ2) is 14.6. The molecule has 0 spiro atoms. The molecule has 2 N–H and O–H groups in total. The van der Waals surface area contributed by atoms with Gasteiger partial charge in [0.25, 0.3) is 5.09 Å². The number of aliphatic carboxylic acids is 2. The van der Waals surface area contributed by atoms with Crippen LogP contribution < -0.4 is 9.47 Å². The van der Waals surface area contributed by atoms with Crippen molar-refractivity contribution >= 4 is 35.6 Å². The molecule has 4 atom stereocenters. The number of carboxylic acids is 2. The van der Waals surface area contributed by atoms with Gasteiger partial charge >= 0.3 is 29.8 Å². The molecule has 46 heavy (non-hydrogen) atoms. The first-order valence-corrected chi connectivity index (χ1v) is 14.6. The highest BCUT2D eigenvalue weighted by molar-refractivity contribution is 5.87. The molecule has 3 aliphatic carbocycles. The normalized spacial score (nSPS) is 20.8. The standard InChI is InChI=1S/C30H36FNO14/c1-29(2)18-15-19(29)20(33)14-17(18)27-21(45-25(38)8-6-23(34)35)12-16(13-22(27)46-26(39)9-7-24(36)37)30(3,31)28(40)43-10-4-5-11-44-32(41)42/h12-13,17-19H,4-11,14-15H2,1-3H3,(H,34,35)(H,36,37)/t17-,18+,19-,30?/m0/s1. The van der Waals surface area contributed by atoms with Gasteiger partial charge in [-0.25, -0.2) is 9.18 Å². The van der Waals surface area contributed by atoms with Crippen molar-refractivity contribution in [3.05, 3.63) is 33.4 Å². The molecule has 0 saturated heterocycles. The fourth-order valence-corrected chi connectivity index (χ4v) is 5.93. The first-order chi connectivity index (χ1) is 21.4. The van der Waals surface area contributed by atoms with Crippen molar-refractivity contribution < 1.29 is 67.5 Å². The zero-order valence-electron chi connectivity index (χ0n) is 25.6. The van der Waals surface area contributed by atoms with Crippen LogP contribution in [-0.2, 0) is 44.0 Å². The van der Waals surface area contributed by atoms with E-state index in [1.165, 1.54) is 0 Å². The average Bonchev–Trinajstić information content (AvgIpc) is 2.95. The van der Waals surface area contributed by atoms with Crippen LogP contribution in [0.4, 0.5) is 4.39 Å². The van der Waals surface area contributed by atoms with Crippen LogP contribution in [0.25, 0.3) is 0 Å². The summed E-state index contributed by atoms with van der Waals surface area (Å²) in [6.07, 6.45) is -1.68. The number of ether oxygens (including phenoxy) is 3. The van der Waals surface area contributed by atoms with Crippen molar-refractivity contribution in [2.24, 2.45) is 17.3 Å². The van der Waals surface area contributed by atoms with Crippen molar-refractivity contribution in [1.29, 1.82) is 0 Å². The predicted octanol–water partition coefficient (Wildman–Crippen LogP) is 3.66. The number of hydrogen-bond acceptors (Lipinski definition) is 12. The Morgan fingerprint density at radius 1 is 0.978 bits per heavy atom. The molecule has 3 saturated carbocycles. The molecular weight excluding hydrogens is 617 g/mol. The van der Waals surface area contributed by atoms with Gasteiger partial charge in [0.05, 0.1) is 38.9 Å². The number of carbonyl (C=O) groups excluding carboxylic acids is 4. The van der Waals surface area contributed by atoms with E-state index in [0.29, 0.717) is 6.42 Å². The van der Waals surface area contributed by atoms with E-state index in [0.717, 1.165) is 19.1 Å². The fraction of sp³-hybridized carbons (Fsp3) is 0.600. The van der Waals surface area contributed by atoms with Gasteiger partial charge in [-0.05, 0) is 49.7 Å². The van der Waals surface area contributed by atoms with E-state index >= 15 is 4.39 Å². The van der Waals surface area contributed by atoms with Gasteiger partial charge in [0, 0.05) is 29.4 Å². The van der Waals surface area contributed by atoms with Gasteiger partial charge in [0.1, 0.15) is 17.3 Å². The summed E-state index contributed by atoms with van der Waals surface area (Å²) in [7, 11) is 0. The van der Waals surface area contributed by atoms with Crippen LogP contribution in [0.1, 0.15) is 89.2 Å². The molecule has 0 amide bonds. The number of alkyl halides is 1. The van der Waals surface area contributed by atoms with Crippen LogP contribution in [-0.4, -0.2) is 64.1 Å². The molecule has 1 aromatic rings. The number of rotatable bonds is 17. The van der Waals surface area contributed by atoms with Crippen molar-refractivity contribution in [1.82, 2.24) is 0 Å². The van der Waals surface area contributed by atoms with Gasteiger partial charge in [0.2, 0.25) is 5.67 Å². The van der Waals surface area contributed by atoms with E-state index in [4.69, 9.17) is 24.4 Å². The lowest BCUT2D eigenvalue weighted by molar-refractivity contribution is -0.757. The van der Waals surface area contributed by atoms with E-state index in [2.05, 4.69) is 4.84 Å². The van der Waals surface area contributed by atoms with E-state index in [1.54, 1.807) is 0 Å². The molecule has 0 heterocycles. The maximum Gasteiger partial charge on any atom is 0.348 e. The molecule has 15 nitrogen and oxygen atoms in total. The summed E-state index contributed by atoms with van der Waals surface area (Å²) in [5, 5.41) is 27.3. The summed E-state index contributed by atoms with van der Waals surface area (Å²) >= 11 is 0. The smallest absolute Gasteiger partial charge is 0.348 e. The molecule has 2 bridgehead atoms. The number of carbonyl (C=O) groups is 6. The summed E-state index contributed by atoms with van der Waals surface area (Å²) in [5.74, 6) is -7.91.